The fourth-order valence-corrected chi connectivity index (χ4v) is 3.99. The van der Waals surface area contributed by atoms with Crippen molar-refractivity contribution in [3.8, 4) is 11.3 Å². The predicted molar refractivity (Wildman–Crippen MR) is 116 cm³/mol. The number of alkyl carbamates (subject to hydrolysis) is 1. The monoisotopic (exact) mass is 420 g/mol. The number of esters is 1. The number of fused-ring (bicyclic) bond motifs is 5. The molecule has 1 atom stereocenters. The van der Waals surface area contributed by atoms with Crippen LogP contribution in [0, 0.1) is 0 Å². The van der Waals surface area contributed by atoms with Crippen LogP contribution in [0.25, 0.3) is 22.2 Å². The molecule has 3 aromatic rings. The maximum absolute atomic E-state index is 13.1. The molecule has 2 aromatic carbocycles. The average molecular weight is 420 g/mol. The Kier molecular flexibility index (Phi) is 5.05. The van der Waals surface area contributed by atoms with Crippen LogP contribution in [-0.4, -0.2) is 41.3 Å². The lowest BCUT2D eigenvalue weighted by molar-refractivity contribution is -0.143. The molecule has 0 bridgehead atoms. The minimum Gasteiger partial charge on any atom is -0.467 e. The van der Waals surface area contributed by atoms with Crippen molar-refractivity contribution in [1.29, 1.82) is 0 Å². The van der Waals surface area contributed by atoms with Gasteiger partial charge in [0.2, 0.25) is 0 Å². The number of nitrogens with one attached hydrogen (secondary N) is 1. The Bertz CT molecular complexity index is 1200. The Morgan fingerprint density at radius 3 is 2.35 bits per heavy atom. The van der Waals surface area contributed by atoms with Gasteiger partial charge in [-0.2, -0.15) is 0 Å². The number of benzene rings is 2. The Balaban J connectivity index is 1.80. The van der Waals surface area contributed by atoms with E-state index in [0.29, 0.717) is 5.56 Å². The Labute approximate surface area is 179 Å². The van der Waals surface area contributed by atoms with Crippen molar-refractivity contribution in [2.75, 3.05) is 7.11 Å². The zero-order valence-corrected chi connectivity index (χ0v) is 17.9. The first-order chi connectivity index (χ1) is 14.7. The van der Waals surface area contributed by atoms with Gasteiger partial charge in [-0.25, -0.2) is 9.59 Å². The van der Waals surface area contributed by atoms with Crippen LogP contribution in [0.2, 0.25) is 0 Å². The molecule has 0 fully saturated rings. The molecule has 4 rings (SSSR count). The third-order valence-electron chi connectivity index (χ3n) is 5.18. The van der Waals surface area contributed by atoms with Crippen LogP contribution in [-0.2, 0) is 20.7 Å². The fourth-order valence-electron chi connectivity index (χ4n) is 3.99. The lowest BCUT2D eigenvalue weighted by atomic mass is 9.97. The van der Waals surface area contributed by atoms with Gasteiger partial charge < -0.3 is 14.8 Å². The van der Waals surface area contributed by atoms with E-state index in [1.807, 2.05) is 42.5 Å². The molecule has 0 aliphatic carbocycles. The number of ether oxygens (including phenoxy) is 2. The maximum atomic E-state index is 13.1. The fraction of sp³-hybridized carbons (Fsp3) is 0.292. The van der Waals surface area contributed by atoms with E-state index in [-0.39, 0.29) is 12.3 Å². The molecule has 1 amide bonds. The summed E-state index contributed by atoms with van der Waals surface area (Å²) in [4.78, 5) is 38.0. The van der Waals surface area contributed by atoms with E-state index < -0.39 is 23.7 Å². The third kappa shape index (κ3) is 3.67. The average Bonchev–Trinajstić information content (AvgIpc) is 3.20. The summed E-state index contributed by atoms with van der Waals surface area (Å²) >= 11 is 0. The van der Waals surface area contributed by atoms with Gasteiger partial charge >= 0.3 is 12.1 Å². The van der Waals surface area contributed by atoms with E-state index >= 15 is 0 Å². The van der Waals surface area contributed by atoms with Crippen molar-refractivity contribution in [3.05, 3.63) is 59.7 Å². The Morgan fingerprint density at radius 1 is 1.03 bits per heavy atom. The van der Waals surface area contributed by atoms with Crippen molar-refractivity contribution in [3.63, 3.8) is 0 Å². The van der Waals surface area contributed by atoms with Gasteiger partial charge in [-0.3, -0.25) is 9.36 Å². The first-order valence-corrected chi connectivity index (χ1v) is 10.0. The number of nitrogens with zero attached hydrogens (tertiary/aromatic N) is 1. The van der Waals surface area contributed by atoms with E-state index in [2.05, 4.69) is 5.32 Å². The molecule has 7 heteroatoms. The standard InChI is InChI=1S/C24H24N2O5/c1-24(2,3)31-23(29)25-18(22(28)30-4)13-17-14-9-7-8-12-19(14)26-20(17)15-10-5-6-11-16(15)21(26)27/h5-12,18H,13H2,1-4H3,(H,25,29)/t18-/m0/s1. The molecule has 0 saturated heterocycles. The second kappa shape index (κ2) is 7.58. The van der Waals surface area contributed by atoms with Gasteiger partial charge in [0, 0.05) is 22.9 Å². The normalized spacial score (nSPS) is 13.5. The van der Waals surface area contributed by atoms with Crippen molar-refractivity contribution < 1.29 is 23.9 Å². The second-order valence-electron chi connectivity index (χ2n) is 8.46. The van der Waals surface area contributed by atoms with Crippen LogP contribution in [0.5, 0.6) is 0 Å². The summed E-state index contributed by atoms with van der Waals surface area (Å²) in [6.45, 7) is 5.24. The molecular formula is C24H24N2O5. The number of carbonyl (C=O) groups is 3. The quantitative estimate of drug-likeness (QED) is 0.506. The highest BCUT2D eigenvalue weighted by molar-refractivity contribution is 6.16. The lowest BCUT2D eigenvalue weighted by Crippen LogP contribution is -2.45. The van der Waals surface area contributed by atoms with E-state index in [4.69, 9.17) is 9.47 Å². The van der Waals surface area contributed by atoms with Crippen molar-refractivity contribution in [2.24, 2.45) is 0 Å². The summed E-state index contributed by atoms with van der Waals surface area (Å²) in [5.74, 6) is -0.699. The second-order valence-corrected chi connectivity index (χ2v) is 8.46. The third-order valence-corrected chi connectivity index (χ3v) is 5.18. The van der Waals surface area contributed by atoms with Crippen molar-refractivity contribution >= 4 is 28.9 Å². The summed E-state index contributed by atoms with van der Waals surface area (Å²) in [5.41, 5.74) is 3.00. The van der Waals surface area contributed by atoms with Crippen LogP contribution in [0.3, 0.4) is 0 Å². The molecule has 1 aliphatic heterocycles. The lowest BCUT2D eigenvalue weighted by Gasteiger charge is -2.22. The molecule has 0 unspecified atom stereocenters. The topological polar surface area (TPSA) is 86.6 Å². The molecule has 1 aliphatic rings. The Hall–Kier alpha value is -3.61. The Morgan fingerprint density at radius 2 is 1.68 bits per heavy atom. The van der Waals surface area contributed by atoms with Gasteiger partial charge in [-0.1, -0.05) is 36.4 Å². The summed E-state index contributed by atoms with van der Waals surface area (Å²) in [6.07, 6.45) is -0.560. The highest BCUT2D eigenvalue weighted by atomic mass is 16.6. The van der Waals surface area contributed by atoms with Gasteiger partial charge in [0.1, 0.15) is 11.6 Å². The minimum absolute atomic E-state index is 0.109. The van der Waals surface area contributed by atoms with Gasteiger partial charge in [-0.05, 0) is 38.5 Å². The molecule has 7 nitrogen and oxygen atoms in total. The molecule has 0 spiro atoms. The smallest absolute Gasteiger partial charge is 0.408 e. The molecule has 1 N–H and O–H groups in total. The zero-order chi connectivity index (χ0) is 22.3. The van der Waals surface area contributed by atoms with Gasteiger partial charge in [0.05, 0.1) is 18.3 Å². The van der Waals surface area contributed by atoms with E-state index in [1.165, 1.54) is 7.11 Å². The number of rotatable bonds is 4. The van der Waals surface area contributed by atoms with Crippen molar-refractivity contribution in [2.45, 2.75) is 38.8 Å². The van der Waals surface area contributed by atoms with Crippen LogP contribution < -0.4 is 5.32 Å². The first-order valence-electron chi connectivity index (χ1n) is 10.0. The number of para-hydroxylation sites is 1. The van der Waals surface area contributed by atoms with Gasteiger partial charge in [0.25, 0.3) is 5.91 Å². The predicted octanol–water partition coefficient (Wildman–Crippen LogP) is 3.92. The van der Waals surface area contributed by atoms with E-state index in [9.17, 15) is 14.4 Å². The number of aromatic nitrogens is 1. The SMILES string of the molecule is COC(=O)[C@H](Cc1c2n(c3ccccc13)C(=O)c1ccccc1-2)NC(=O)OC(C)(C)C. The first kappa shape index (κ1) is 20.7. The number of hydrogen-bond donors (Lipinski definition) is 1. The summed E-state index contributed by atoms with van der Waals surface area (Å²) in [5, 5.41) is 3.47. The van der Waals surface area contributed by atoms with E-state index in [0.717, 1.165) is 27.7 Å². The van der Waals surface area contributed by atoms with Crippen LogP contribution in [0.1, 0.15) is 36.7 Å². The van der Waals surface area contributed by atoms with Crippen molar-refractivity contribution in [1.82, 2.24) is 9.88 Å². The van der Waals surface area contributed by atoms with E-state index in [1.54, 1.807) is 31.4 Å². The molecule has 31 heavy (non-hydrogen) atoms. The molecule has 0 saturated carbocycles. The highest BCUT2D eigenvalue weighted by Crippen LogP contribution is 2.41. The molecule has 160 valence electrons. The van der Waals surface area contributed by atoms with Crippen LogP contribution >= 0.6 is 0 Å². The molecule has 0 radical (unpaired) electrons. The highest BCUT2D eigenvalue weighted by Gasteiger charge is 2.34. The number of carbonyl (C=O) groups excluding carboxylic acids is 3. The zero-order valence-electron chi connectivity index (χ0n) is 17.9. The minimum atomic E-state index is -0.974. The molecule has 1 aromatic heterocycles. The summed E-state index contributed by atoms with van der Waals surface area (Å²) in [6, 6.07) is 13.9. The summed E-state index contributed by atoms with van der Waals surface area (Å²) in [7, 11) is 1.27. The number of amides is 1. The number of methoxy groups -OCH3 is 1. The van der Waals surface area contributed by atoms with Crippen LogP contribution in [0.15, 0.2) is 48.5 Å². The maximum Gasteiger partial charge on any atom is 0.408 e. The molecule has 2 heterocycles. The van der Waals surface area contributed by atoms with Gasteiger partial charge in [0.15, 0.2) is 0 Å². The molecular weight excluding hydrogens is 396 g/mol. The summed E-state index contributed by atoms with van der Waals surface area (Å²) < 4.78 is 11.9. The largest absolute Gasteiger partial charge is 0.467 e. The van der Waals surface area contributed by atoms with Crippen LogP contribution in [0.4, 0.5) is 4.79 Å². The number of hydrogen-bond acceptors (Lipinski definition) is 5. The van der Waals surface area contributed by atoms with Gasteiger partial charge in [-0.15, -0.1) is 0 Å².